The van der Waals surface area contributed by atoms with Crippen LogP contribution >= 0.6 is 15.9 Å². The van der Waals surface area contributed by atoms with Gasteiger partial charge in [0.25, 0.3) is 6.43 Å². The first kappa shape index (κ1) is 8.94. The number of alkyl halides is 2. The summed E-state index contributed by atoms with van der Waals surface area (Å²) in [5.41, 5.74) is 1.79. The van der Waals surface area contributed by atoms with Crippen molar-refractivity contribution in [3.8, 4) is 0 Å². The van der Waals surface area contributed by atoms with E-state index >= 15 is 0 Å². The van der Waals surface area contributed by atoms with E-state index in [4.69, 9.17) is 0 Å². The number of hydrogen-bond donors (Lipinski definition) is 1. The highest BCUT2D eigenvalue weighted by Gasteiger charge is 2.27. The Bertz CT molecular complexity index is 327. The van der Waals surface area contributed by atoms with Crippen molar-refractivity contribution in [2.45, 2.75) is 18.9 Å². The third kappa shape index (κ3) is 1.68. The van der Waals surface area contributed by atoms with Crippen LogP contribution in [0.3, 0.4) is 0 Å². The highest BCUT2D eigenvalue weighted by atomic mass is 79.9. The van der Waals surface area contributed by atoms with Crippen molar-refractivity contribution >= 4 is 21.6 Å². The smallest absolute Gasteiger partial charge is 0.258 e. The maximum absolute atomic E-state index is 12.3. The van der Waals surface area contributed by atoms with Crippen LogP contribution in [-0.2, 0) is 6.42 Å². The predicted octanol–water partition coefficient (Wildman–Crippen LogP) is 3.05. The van der Waals surface area contributed by atoms with Gasteiger partial charge in [-0.15, -0.1) is 0 Å². The summed E-state index contributed by atoms with van der Waals surface area (Å²) in [6.07, 6.45) is -1.88. The van der Waals surface area contributed by atoms with Crippen molar-refractivity contribution in [2.75, 3.05) is 5.32 Å². The van der Waals surface area contributed by atoms with E-state index < -0.39 is 12.5 Å². The van der Waals surface area contributed by atoms with Gasteiger partial charge in [-0.3, -0.25) is 0 Å². The average Bonchev–Trinajstić information content (AvgIpc) is 2.46. The Balaban J connectivity index is 2.25. The summed E-state index contributed by atoms with van der Waals surface area (Å²) < 4.78 is 25.6. The van der Waals surface area contributed by atoms with Crippen LogP contribution in [0.2, 0.25) is 0 Å². The summed E-state index contributed by atoms with van der Waals surface area (Å²) >= 11 is 3.29. The number of anilines is 1. The second-order valence-electron chi connectivity index (χ2n) is 3.09. The Labute approximate surface area is 83.3 Å². The van der Waals surface area contributed by atoms with Crippen LogP contribution < -0.4 is 5.32 Å². The number of benzene rings is 1. The second-order valence-corrected chi connectivity index (χ2v) is 4.01. The van der Waals surface area contributed by atoms with Crippen LogP contribution in [0.25, 0.3) is 0 Å². The molecule has 13 heavy (non-hydrogen) atoms. The minimum absolute atomic E-state index is 0.417. The fourth-order valence-corrected chi connectivity index (χ4v) is 1.86. The summed E-state index contributed by atoms with van der Waals surface area (Å²) in [6.45, 7) is 0. The number of halogens is 3. The Kier molecular flexibility index (Phi) is 2.24. The zero-order chi connectivity index (χ0) is 9.42. The molecule has 0 amide bonds. The minimum atomic E-state index is -2.30. The van der Waals surface area contributed by atoms with Gasteiger partial charge in [-0.1, -0.05) is 22.0 Å². The van der Waals surface area contributed by atoms with Gasteiger partial charge in [0, 0.05) is 16.6 Å². The first-order valence-corrected chi connectivity index (χ1v) is 4.79. The molecule has 1 atom stereocenters. The molecule has 0 bridgehead atoms. The molecule has 1 N–H and O–H groups in total. The first-order valence-electron chi connectivity index (χ1n) is 4.00. The normalized spacial score (nSPS) is 20.2. The highest BCUT2D eigenvalue weighted by molar-refractivity contribution is 9.10. The lowest BCUT2D eigenvalue weighted by atomic mass is 10.1. The molecule has 1 aromatic carbocycles. The molecule has 70 valence electrons. The lowest BCUT2D eigenvalue weighted by molar-refractivity contribution is 0.126. The summed E-state index contributed by atoms with van der Waals surface area (Å²) in [4.78, 5) is 0. The van der Waals surface area contributed by atoms with Gasteiger partial charge in [-0.2, -0.15) is 0 Å². The van der Waals surface area contributed by atoms with Crippen LogP contribution in [-0.4, -0.2) is 12.5 Å². The van der Waals surface area contributed by atoms with Crippen molar-refractivity contribution in [3.63, 3.8) is 0 Å². The number of rotatable bonds is 1. The van der Waals surface area contributed by atoms with E-state index in [0.717, 1.165) is 15.7 Å². The van der Waals surface area contributed by atoms with Gasteiger partial charge < -0.3 is 5.32 Å². The largest absolute Gasteiger partial charge is 0.376 e. The molecule has 1 nitrogen and oxygen atoms in total. The fourth-order valence-electron chi connectivity index (χ4n) is 1.50. The van der Waals surface area contributed by atoms with Crippen LogP contribution in [0, 0.1) is 0 Å². The molecule has 1 unspecified atom stereocenters. The van der Waals surface area contributed by atoms with E-state index in [1.54, 1.807) is 0 Å². The highest BCUT2D eigenvalue weighted by Crippen LogP contribution is 2.30. The molecule has 0 radical (unpaired) electrons. The fraction of sp³-hybridized carbons (Fsp3) is 0.333. The number of hydrogen-bond acceptors (Lipinski definition) is 1. The lowest BCUT2D eigenvalue weighted by Gasteiger charge is -2.08. The standard InChI is InChI=1S/C9H8BrF2N/c10-6-2-1-5-3-8(9(11)12)13-7(5)4-6/h1-2,4,8-9,13H,3H2. The van der Waals surface area contributed by atoms with Crippen LogP contribution in [0.5, 0.6) is 0 Å². The molecule has 0 fully saturated rings. The molecular weight excluding hydrogens is 240 g/mol. The minimum Gasteiger partial charge on any atom is -0.376 e. The molecule has 1 aliphatic heterocycles. The molecule has 1 heterocycles. The van der Waals surface area contributed by atoms with Crippen molar-refractivity contribution in [3.05, 3.63) is 28.2 Å². The molecule has 0 aromatic heterocycles. The van der Waals surface area contributed by atoms with Crippen LogP contribution in [0.15, 0.2) is 22.7 Å². The Morgan fingerprint density at radius 1 is 1.46 bits per heavy atom. The third-order valence-corrected chi connectivity index (χ3v) is 2.65. The van der Waals surface area contributed by atoms with Gasteiger partial charge in [0.05, 0.1) is 6.04 Å². The zero-order valence-corrected chi connectivity index (χ0v) is 8.31. The Hall–Kier alpha value is -0.640. The van der Waals surface area contributed by atoms with Crippen molar-refractivity contribution in [2.24, 2.45) is 0 Å². The van der Waals surface area contributed by atoms with E-state index in [1.165, 1.54) is 0 Å². The number of fused-ring (bicyclic) bond motifs is 1. The summed E-state index contributed by atoms with van der Waals surface area (Å²) in [6, 6.07) is 4.85. The van der Waals surface area contributed by atoms with Gasteiger partial charge in [0.15, 0.2) is 0 Å². The second kappa shape index (κ2) is 3.25. The van der Waals surface area contributed by atoms with E-state index in [-0.39, 0.29) is 0 Å². The summed E-state index contributed by atoms with van der Waals surface area (Å²) in [5.74, 6) is 0. The lowest BCUT2D eigenvalue weighted by Crippen LogP contribution is -2.24. The van der Waals surface area contributed by atoms with Gasteiger partial charge in [-0.25, -0.2) is 8.78 Å². The van der Waals surface area contributed by atoms with Crippen molar-refractivity contribution < 1.29 is 8.78 Å². The Morgan fingerprint density at radius 3 is 2.92 bits per heavy atom. The quantitative estimate of drug-likeness (QED) is 0.805. The van der Waals surface area contributed by atoms with Gasteiger partial charge in [0.1, 0.15) is 0 Å². The zero-order valence-electron chi connectivity index (χ0n) is 6.73. The molecule has 0 aliphatic carbocycles. The first-order chi connectivity index (χ1) is 6.16. The van der Waals surface area contributed by atoms with Gasteiger partial charge >= 0.3 is 0 Å². The molecule has 1 aromatic rings. The monoisotopic (exact) mass is 247 g/mol. The molecule has 4 heteroatoms. The van der Waals surface area contributed by atoms with Gasteiger partial charge in [-0.05, 0) is 17.7 Å². The van der Waals surface area contributed by atoms with E-state index in [1.807, 2.05) is 18.2 Å². The molecule has 0 saturated heterocycles. The SMILES string of the molecule is FC(F)C1Cc2ccc(Br)cc2N1. The van der Waals surface area contributed by atoms with E-state index in [2.05, 4.69) is 21.2 Å². The maximum atomic E-state index is 12.3. The van der Waals surface area contributed by atoms with E-state index in [9.17, 15) is 8.78 Å². The topological polar surface area (TPSA) is 12.0 Å². The molecular formula is C9H8BrF2N. The summed E-state index contributed by atoms with van der Waals surface area (Å²) in [5, 5.41) is 2.79. The summed E-state index contributed by atoms with van der Waals surface area (Å²) in [7, 11) is 0. The van der Waals surface area contributed by atoms with Gasteiger partial charge in [0.2, 0.25) is 0 Å². The molecule has 0 spiro atoms. The maximum Gasteiger partial charge on any atom is 0.258 e. The van der Waals surface area contributed by atoms with Crippen molar-refractivity contribution in [1.82, 2.24) is 0 Å². The third-order valence-electron chi connectivity index (χ3n) is 2.16. The molecule has 0 saturated carbocycles. The average molecular weight is 248 g/mol. The van der Waals surface area contributed by atoms with Crippen LogP contribution in [0.1, 0.15) is 5.56 Å². The Morgan fingerprint density at radius 2 is 2.23 bits per heavy atom. The van der Waals surface area contributed by atoms with Crippen LogP contribution in [0.4, 0.5) is 14.5 Å². The number of nitrogens with one attached hydrogen (secondary N) is 1. The van der Waals surface area contributed by atoms with E-state index in [0.29, 0.717) is 6.42 Å². The molecule has 2 rings (SSSR count). The van der Waals surface area contributed by atoms with Crippen molar-refractivity contribution in [1.29, 1.82) is 0 Å². The molecule has 1 aliphatic rings. The predicted molar refractivity (Wildman–Crippen MR) is 51.3 cm³/mol.